The smallest absolute Gasteiger partial charge is 0.744 e. The first kappa shape index (κ1) is 17.0. The molecular weight excluding hydrogens is 227 g/mol. The Bertz CT molecular complexity index is 356. The zero-order valence-corrected chi connectivity index (χ0v) is 8.55. The third kappa shape index (κ3) is 9.88. The Hall–Kier alpha value is -0.418. The second-order valence-electron chi connectivity index (χ2n) is 2.01. The van der Waals surface area contributed by atoms with Crippen molar-refractivity contribution in [3.05, 3.63) is 30.3 Å². The van der Waals surface area contributed by atoms with Crippen LogP contribution in [0.3, 0.4) is 0 Å². The van der Waals surface area contributed by atoms with E-state index in [-0.39, 0.29) is 23.8 Å². The zero-order valence-electron chi connectivity index (χ0n) is 7.73. The van der Waals surface area contributed by atoms with Crippen LogP contribution in [0, 0.1) is 0 Å². The summed E-state index contributed by atoms with van der Waals surface area (Å²) in [7, 11) is -7.92. The first-order valence-corrected chi connectivity index (χ1v) is 4.68. The van der Waals surface area contributed by atoms with Gasteiger partial charge in [0, 0.05) is 0 Å². The van der Waals surface area contributed by atoms with Gasteiger partial charge in [0.25, 0.3) is 0 Å². The molecule has 0 amide bonds. The van der Waals surface area contributed by atoms with Gasteiger partial charge in [0.2, 0.25) is 0 Å². The normalized spacial score (nSPS) is 9.33. The van der Waals surface area contributed by atoms with E-state index >= 15 is 0 Å². The molecule has 0 aliphatic heterocycles. The van der Waals surface area contributed by atoms with Crippen LogP contribution in [-0.4, -0.2) is 20.5 Å². The van der Waals surface area contributed by atoms with Crippen molar-refractivity contribution >= 4 is 17.7 Å². The predicted molar refractivity (Wildman–Crippen MR) is 43.5 cm³/mol. The van der Waals surface area contributed by atoms with E-state index in [1.54, 1.807) is 6.07 Å². The Kier molecular flexibility index (Phi) is 8.86. The van der Waals surface area contributed by atoms with Crippen molar-refractivity contribution in [1.82, 2.24) is 0 Å². The molecule has 0 heterocycles. The Morgan fingerprint density at radius 2 is 1.40 bits per heavy atom. The zero-order chi connectivity index (χ0) is 11.2. The fourth-order valence-corrected chi connectivity index (χ4v) is 1.08. The minimum absolute atomic E-state index is 0. The van der Waals surface area contributed by atoms with Gasteiger partial charge >= 0.3 is 26.4 Å². The maximum Gasteiger partial charge on any atom is 1.00 e. The number of hydrogen-bond donors (Lipinski definition) is 0. The predicted octanol–water partition coefficient (Wildman–Crippen LogP) is -1.53. The Labute approximate surface area is 97.8 Å². The number of hydrogen-bond acceptors (Lipinski definition) is 3. The van der Waals surface area contributed by atoms with Crippen molar-refractivity contribution < 1.29 is 44.8 Å². The van der Waals surface area contributed by atoms with E-state index in [9.17, 15) is 25.9 Å². The van der Waals surface area contributed by atoms with Crippen molar-refractivity contribution in [2.24, 2.45) is 0 Å². The third-order valence-electron chi connectivity index (χ3n) is 1.03. The molecule has 1 aromatic rings. The van der Waals surface area contributed by atoms with Crippen LogP contribution in [0.4, 0.5) is 12.9 Å². The maximum atomic E-state index is 10.3. The third-order valence-corrected chi connectivity index (χ3v) is 1.88. The minimum atomic E-state index is -4.25. The second-order valence-corrected chi connectivity index (χ2v) is 3.39. The molecule has 0 unspecified atom stereocenters. The summed E-state index contributed by atoms with van der Waals surface area (Å²) < 4.78 is 59.8. The fourth-order valence-electron chi connectivity index (χ4n) is 0.587. The molecule has 9 heteroatoms. The monoisotopic (exact) mass is 232 g/mol. The van der Waals surface area contributed by atoms with E-state index in [4.69, 9.17) is 0 Å². The molecule has 0 aliphatic carbocycles. The van der Waals surface area contributed by atoms with Gasteiger partial charge in [0.1, 0.15) is 10.1 Å². The van der Waals surface area contributed by atoms with Crippen LogP contribution < -0.4 is 18.9 Å². The largest absolute Gasteiger partial charge is 1.00 e. The van der Waals surface area contributed by atoms with Gasteiger partial charge in [0.15, 0.2) is 0 Å². The van der Waals surface area contributed by atoms with Gasteiger partial charge in [-0.3, -0.25) is 12.9 Å². The van der Waals surface area contributed by atoms with E-state index in [1.165, 1.54) is 24.3 Å². The summed E-state index contributed by atoms with van der Waals surface area (Å²) in [5.74, 6) is 0. The second kappa shape index (κ2) is 7.82. The van der Waals surface area contributed by atoms with E-state index in [0.717, 1.165) is 0 Å². The molecule has 1 aromatic carbocycles. The molecule has 0 saturated carbocycles. The Balaban J connectivity index is 0. The van der Waals surface area contributed by atoms with Crippen LogP contribution in [0.25, 0.3) is 0 Å². The molecule has 0 N–H and O–H groups in total. The summed E-state index contributed by atoms with van der Waals surface area (Å²) in [6.45, 7) is 0. The van der Waals surface area contributed by atoms with Crippen molar-refractivity contribution in [3.8, 4) is 0 Å². The average Bonchev–Trinajstić information content (AvgIpc) is 2.03. The summed E-state index contributed by atoms with van der Waals surface area (Å²) >= 11 is 0. The molecule has 0 spiro atoms. The summed E-state index contributed by atoms with van der Waals surface area (Å²) in [5, 5.41) is 0. The number of rotatable bonds is 1. The SMILES string of the molecule is FB(F)F.O=S(=O)([O-])c1ccccc1.[Li+]. The summed E-state index contributed by atoms with van der Waals surface area (Å²) in [6.07, 6.45) is 0. The molecule has 0 saturated heterocycles. The minimum Gasteiger partial charge on any atom is -0.744 e. The Morgan fingerprint density at radius 1 is 1.07 bits per heavy atom. The summed E-state index contributed by atoms with van der Waals surface area (Å²) in [6, 6.07) is 7.19. The van der Waals surface area contributed by atoms with Crippen LogP contribution in [0.5, 0.6) is 0 Å². The topological polar surface area (TPSA) is 57.2 Å². The molecule has 78 valence electrons. The van der Waals surface area contributed by atoms with Gasteiger partial charge in [0.05, 0.1) is 4.90 Å². The van der Waals surface area contributed by atoms with E-state index in [1.807, 2.05) is 0 Å². The van der Waals surface area contributed by atoms with Gasteiger partial charge < -0.3 is 4.55 Å². The van der Waals surface area contributed by atoms with Gasteiger partial charge in [-0.2, -0.15) is 0 Å². The summed E-state index contributed by atoms with van der Waals surface area (Å²) in [4.78, 5) is -0.185. The van der Waals surface area contributed by atoms with Crippen molar-refractivity contribution in [1.29, 1.82) is 0 Å². The number of halogens is 3. The van der Waals surface area contributed by atoms with E-state index in [2.05, 4.69) is 0 Å². The molecule has 0 aromatic heterocycles. The Morgan fingerprint density at radius 3 is 1.60 bits per heavy atom. The number of benzene rings is 1. The molecular formula is C6H5BF3LiO3S. The van der Waals surface area contributed by atoms with Crippen LogP contribution in [0.15, 0.2) is 35.2 Å². The standard InChI is InChI=1S/C6H6O3S.BF3.Li/c7-10(8,9)6-4-2-1-3-5-6;2-1(3)4;/h1-5H,(H,7,8,9);;/q;;+1/p-1. The van der Waals surface area contributed by atoms with Gasteiger partial charge in [-0.05, 0) is 12.1 Å². The quantitative estimate of drug-likeness (QED) is 0.436. The van der Waals surface area contributed by atoms with Crippen LogP contribution in [0.2, 0.25) is 0 Å². The maximum absolute atomic E-state index is 10.3. The average molecular weight is 232 g/mol. The molecule has 0 fully saturated rings. The summed E-state index contributed by atoms with van der Waals surface area (Å²) in [5.41, 5.74) is 0. The first-order valence-electron chi connectivity index (χ1n) is 3.27. The van der Waals surface area contributed by atoms with Crippen LogP contribution in [0.1, 0.15) is 0 Å². The fraction of sp³-hybridized carbons (Fsp3) is 0. The first-order chi connectivity index (χ1) is 6.34. The molecule has 0 aliphatic rings. The molecule has 15 heavy (non-hydrogen) atoms. The van der Waals surface area contributed by atoms with Gasteiger partial charge in [-0.15, -0.1) is 0 Å². The molecule has 0 atom stereocenters. The van der Waals surface area contributed by atoms with E-state index < -0.39 is 17.7 Å². The van der Waals surface area contributed by atoms with E-state index in [0.29, 0.717) is 0 Å². The van der Waals surface area contributed by atoms with Crippen molar-refractivity contribution in [2.75, 3.05) is 0 Å². The molecule has 1 rings (SSSR count). The molecule has 3 nitrogen and oxygen atoms in total. The molecule has 0 bridgehead atoms. The van der Waals surface area contributed by atoms with Gasteiger partial charge in [-0.25, -0.2) is 8.42 Å². The molecule has 0 radical (unpaired) electrons. The van der Waals surface area contributed by atoms with Crippen LogP contribution >= 0.6 is 0 Å². The van der Waals surface area contributed by atoms with Crippen LogP contribution in [-0.2, 0) is 10.1 Å². The van der Waals surface area contributed by atoms with Crippen molar-refractivity contribution in [2.45, 2.75) is 4.90 Å². The van der Waals surface area contributed by atoms with Gasteiger partial charge in [-0.1, -0.05) is 18.2 Å². The van der Waals surface area contributed by atoms with Crippen molar-refractivity contribution in [3.63, 3.8) is 0 Å².